The van der Waals surface area contributed by atoms with Crippen LogP contribution in [0.1, 0.15) is 30.0 Å². The third-order valence-corrected chi connectivity index (χ3v) is 3.62. The maximum atomic E-state index is 14.0. The second-order valence-corrected chi connectivity index (χ2v) is 4.88. The van der Waals surface area contributed by atoms with Crippen molar-refractivity contribution < 1.29 is 17.6 Å². The van der Waals surface area contributed by atoms with Gasteiger partial charge in [-0.3, -0.25) is 0 Å². The average molecular weight is 297 g/mol. The van der Waals surface area contributed by atoms with Crippen LogP contribution in [0, 0.1) is 5.82 Å². The summed E-state index contributed by atoms with van der Waals surface area (Å²) in [6.45, 7) is 1.71. The lowest BCUT2D eigenvalue weighted by molar-refractivity contribution is -0.137. The number of rotatable bonds is 3. The number of halogens is 4. The van der Waals surface area contributed by atoms with Crippen LogP contribution in [0.15, 0.2) is 48.5 Å². The normalized spacial score (nSPS) is 14.8. The lowest BCUT2D eigenvalue weighted by Gasteiger charge is -2.30. The van der Waals surface area contributed by atoms with Gasteiger partial charge in [-0.1, -0.05) is 37.3 Å². The van der Waals surface area contributed by atoms with Crippen LogP contribution in [-0.2, 0) is 11.7 Å². The molecule has 0 saturated heterocycles. The molecular weight excluding hydrogens is 282 g/mol. The van der Waals surface area contributed by atoms with E-state index in [1.807, 2.05) is 0 Å². The molecule has 0 radical (unpaired) electrons. The zero-order valence-corrected chi connectivity index (χ0v) is 11.4. The molecule has 0 aromatic heterocycles. The molecule has 0 aliphatic rings. The van der Waals surface area contributed by atoms with Crippen molar-refractivity contribution >= 4 is 0 Å². The average Bonchev–Trinajstić information content (AvgIpc) is 2.46. The van der Waals surface area contributed by atoms with Gasteiger partial charge in [0.2, 0.25) is 0 Å². The first kappa shape index (κ1) is 15.5. The van der Waals surface area contributed by atoms with Crippen LogP contribution < -0.4 is 5.73 Å². The first-order valence-electron chi connectivity index (χ1n) is 6.50. The SMILES string of the molecule is CCC(N)(c1cccc(C(F)(F)F)c1)c1ccccc1F. The summed E-state index contributed by atoms with van der Waals surface area (Å²) in [5, 5.41) is 0. The van der Waals surface area contributed by atoms with Gasteiger partial charge < -0.3 is 5.73 Å². The van der Waals surface area contributed by atoms with E-state index in [1.54, 1.807) is 13.0 Å². The van der Waals surface area contributed by atoms with Crippen molar-refractivity contribution in [1.82, 2.24) is 0 Å². The lowest BCUT2D eigenvalue weighted by Crippen LogP contribution is -2.38. The van der Waals surface area contributed by atoms with E-state index in [0.717, 1.165) is 12.1 Å². The molecule has 1 nitrogen and oxygen atoms in total. The summed E-state index contributed by atoms with van der Waals surface area (Å²) in [6.07, 6.45) is -4.19. The quantitative estimate of drug-likeness (QED) is 0.832. The number of benzene rings is 2. The van der Waals surface area contributed by atoms with Crippen molar-refractivity contribution in [3.05, 3.63) is 71.0 Å². The lowest BCUT2D eigenvalue weighted by atomic mass is 9.81. The molecule has 1 atom stereocenters. The van der Waals surface area contributed by atoms with Crippen molar-refractivity contribution in [2.75, 3.05) is 0 Å². The van der Waals surface area contributed by atoms with Crippen molar-refractivity contribution in [3.63, 3.8) is 0 Å². The van der Waals surface area contributed by atoms with Gasteiger partial charge in [0.1, 0.15) is 5.82 Å². The minimum atomic E-state index is -4.46. The maximum Gasteiger partial charge on any atom is 0.416 e. The topological polar surface area (TPSA) is 26.0 Å². The maximum absolute atomic E-state index is 14.0. The summed E-state index contributed by atoms with van der Waals surface area (Å²) in [5.41, 5.74) is 4.58. The summed E-state index contributed by atoms with van der Waals surface area (Å²) in [5.74, 6) is -0.528. The first-order chi connectivity index (χ1) is 9.79. The van der Waals surface area contributed by atoms with Crippen LogP contribution in [0.25, 0.3) is 0 Å². The molecule has 2 aromatic rings. The molecular formula is C16H15F4N. The molecule has 0 saturated carbocycles. The fourth-order valence-corrected chi connectivity index (χ4v) is 2.35. The summed E-state index contributed by atoms with van der Waals surface area (Å²) < 4.78 is 52.5. The standard InChI is InChI=1S/C16H15F4N/c1-2-15(21,13-8-3-4-9-14(13)17)11-6-5-7-12(10-11)16(18,19)20/h3-10H,2,21H2,1H3. The zero-order valence-electron chi connectivity index (χ0n) is 11.4. The van der Waals surface area contributed by atoms with E-state index < -0.39 is 23.1 Å². The minimum Gasteiger partial charge on any atom is -0.318 e. The monoisotopic (exact) mass is 297 g/mol. The van der Waals surface area contributed by atoms with E-state index in [1.165, 1.54) is 30.3 Å². The number of hydrogen-bond acceptors (Lipinski definition) is 1. The molecule has 1 unspecified atom stereocenters. The fourth-order valence-electron chi connectivity index (χ4n) is 2.35. The summed E-state index contributed by atoms with van der Waals surface area (Å²) in [7, 11) is 0. The van der Waals surface area contributed by atoms with Crippen molar-refractivity contribution in [3.8, 4) is 0 Å². The van der Waals surface area contributed by atoms with Crippen molar-refractivity contribution in [1.29, 1.82) is 0 Å². The molecule has 2 rings (SSSR count). The van der Waals surface area contributed by atoms with Gasteiger partial charge in [0.15, 0.2) is 0 Å². The van der Waals surface area contributed by atoms with Gasteiger partial charge in [-0.15, -0.1) is 0 Å². The second kappa shape index (κ2) is 5.48. The second-order valence-electron chi connectivity index (χ2n) is 4.88. The van der Waals surface area contributed by atoms with Crippen molar-refractivity contribution in [2.45, 2.75) is 25.1 Å². The van der Waals surface area contributed by atoms with Crippen LogP contribution in [0.3, 0.4) is 0 Å². The van der Waals surface area contributed by atoms with Gasteiger partial charge in [0.05, 0.1) is 11.1 Å². The van der Waals surface area contributed by atoms with Crippen LogP contribution in [0.2, 0.25) is 0 Å². The molecule has 0 bridgehead atoms. The Hall–Kier alpha value is -1.88. The number of hydrogen-bond donors (Lipinski definition) is 1. The number of alkyl halides is 3. The van der Waals surface area contributed by atoms with Gasteiger partial charge in [-0.2, -0.15) is 13.2 Å². The summed E-state index contributed by atoms with van der Waals surface area (Å²) >= 11 is 0. The van der Waals surface area contributed by atoms with Gasteiger partial charge in [0.25, 0.3) is 0 Å². The highest BCUT2D eigenvalue weighted by molar-refractivity contribution is 5.40. The van der Waals surface area contributed by atoms with E-state index in [9.17, 15) is 17.6 Å². The third-order valence-electron chi connectivity index (χ3n) is 3.62. The highest BCUT2D eigenvalue weighted by Crippen LogP contribution is 2.36. The predicted molar refractivity (Wildman–Crippen MR) is 73.1 cm³/mol. The van der Waals surface area contributed by atoms with Crippen molar-refractivity contribution in [2.24, 2.45) is 5.73 Å². The highest BCUT2D eigenvalue weighted by Gasteiger charge is 2.35. The molecule has 0 aliphatic carbocycles. The zero-order chi connectivity index (χ0) is 15.7. The van der Waals surface area contributed by atoms with E-state index >= 15 is 0 Å². The molecule has 0 aliphatic heterocycles. The first-order valence-corrected chi connectivity index (χ1v) is 6.50. The molecule has 112 valence electrons. The third kappa shape index (κ3) is 2.93. The molecule has 21 heavy (non-hydrogen) atoms. The largest absolute Gasteiger partial charge is 0.416 e. The Morgan fingerprint density at radius 3 is 2.14 bits per heavy atom. The molecule has 5 heteroatoms. The van der Waals surface area contributed by atoms with Gasteiger partial charge >= 0.3 is 6.18 Å². The van der Waals surface area contributed by atoms with Gasteiger partial charge in [-0.05, 0) is 30.2 Å². The van der Waals surface area contributed by atoms with Gasteiger partial charge in [0, 0.05) is 5.56 Å². The predicted octanol–water partition coefficient (Wildman–Crippen LogP) is 4.46. The summed E-state index contributed by atoms with van der Waals surface area (Å²) in [4.78, 5) is 0. The molecule has 0 heterocycles. The van der Waals surface area contributed by atoms with E-state index in [2.05, 4.69) is 0 Å². The Labute approximate surface area is 120 Å². The fraction of sp³-hybridized carbons (Fsp3) is 0.250. The highest BCUT2D eigenvalue weighted by atomic mass is 19.4. The van der Waals surface area contributed by atoms with Gasteiger partial charge in [-0.25, -0.2) is 4.39 Å². The number of nitrogens with two attached hydrogens (primary N) is 1. The van der Waals surface area contributed by atoms with E-state index in [-0.39, 0.29) is 17.5 Å². The Kier molecular flexibility index (Phi) is 4.05. The Bertz CT molecular complexity index is 636. The van der Waals surface area contributed by atoms with Crippen LogP contribution >= 0.6 is 0 Å². The minimum absolute atomic E-state index is 0.187. The van der Waals surface area contributed by atoms with Crippen LogP contribution in [0.4, 0.5) is 17.6 Å². The smallest absolute Gasteiger partial charge is 0.318 e. The van der Waals surface area contributed by atoms with Crippen LogP contribution in [0.5, 0.6) is 0 Å². The molecule has 2 aromatic carbocycles. The summed E-state index contributed by atoms with van der Waals surface area (Å²) in [6, 6.07) is 10.6. The Balaban J connectivity index is 2.59. The Morgan fingerprint density at radius 1 is 0.952 bits per heavy atom. The van der Waals surface area contributed by atoms with E-state index in [0.29, 0.717) is 0 Å². The van der Waals surface area contributed by atoms with Crippen LogP contribution in [-0.4, -0.2) is 0 Å². The molecule has 2 N–H and O–H groups in total. The van der Waals surface area contributed by atoms with E-state index in [4.69, 9.17) is 5.73 Å². The molecule has 0 amide bonds. The molecule has 0 spiro atoms. The Morgan fingerprint density at radius 2 is 1.57 bits per heavy atom. The molecule has 0 fully saturated rings.